The number of ether oxygens (including phenoxy) is 5. The van der Waals surface area contributed by atoms with Crippen molar-refractivity contribution < 1.29 is 23.7 Å². The summed E-state index contributed by atoms with van der Waals surface area (Å²) in [7, 11) is 0. The Balaban J connectivity index is 1.29. The molecule has 3 heterocycles. The maximum Gasteiger partial charge on any atom is 0.313 e. The first kappa shape index (κ1) is 27.2. The minimum Gasteiger partial charge on any atom is -0.446 e. The largest absolute Gasteiger partial charge is 0.446 e. The molecule has 11 rings (SSSR count). The molecule has 0 aromatic heterocycles. The van der Waals surface area contributed by atoms with Gasteiger partial charge in [0.25, 0.3) is 6.41 Å². The van der Waals surface area contributed by atoms with Crippen LogP contribution in [0.5, 0.6) is 11.5 Å². The molecule has 4 atom stereocenters. The predicted molar refractivity (Wildman–Crippen MR) is 186 cm³/mol. The van der Waals surface area contributed by atoms with Gasteiger partial charge in [-0.2, -0.15) is 0 Å². The average Bonchev–Trinajstić information content (AvgIpc) is 3.46. The zero-order valence-electron chi connectivity index (χ0n) is 26.1. The number of rotatable bonds is 2. The van der Waals surface area contributed by atoms with Gasteiger partial charge in [0.2, 0.25) is 5.79 Å². The summed E-state index contributed by atoms with van der Waals surface area (Å²) in [5, 5.41) is 3.90. The van der Waals surface area contributed by atoms with E-state index in [2.05, 4.69) is 36.4 Å². The van der Waals surface area contributed by atoms with Crippen LogP contribution in [0.2, 0.25) is 0 Å². The molecule has 1 saturated heterocycles. The quantitative estimate of drug-likeness (QED) is 0.177. The van der Waals surface area contributed by atoms with Gasteiger partial charge in [-0.15, -0.1) is 0 Å². The molecule has 49 heavy (non-hydrogen) atoms. The molecule has 3 aliphatic heterocycles. The Morgan fingerprint density at radius 1 is 0.449 bits per heavy atom. The van der Waals surface area contributed by atoms with E-state index in [0.29, 0.717) is 17.2 Å². The van der Waals surface area contributed by atoms with E-state index in [9.17, 15) is 0 Å². The lowest BCUT2D eigenvalue weighted by Crippen LogP contribution is -2.65. The van der Waals surface area contributed by atoms with Crippen LogP contribution in [0.4, 0.5) is 0 Å². The number of aliphatic imine (C=N–C) groups is 1. The molecule has 7 aromatic carbocycles. The van der Waals surface area contributed by atoms with Crippen molar-refractivity contribution in [1.29, 1.82) is 0 Å². The fourth-order valence-corrected chi connectivity index (χ4v) is 8.15. The van der Waals surface area contributed by atoms with Crippen molar-refractivity contribution in [3.8, 4) is 22.6 Å². The zero-order chi connectivity index (χ0) is 32.2. The van der Waals surface area contributed by atoms with Gasteiger partial charge < -0.3 is 9.47 Å². The fraction of sp³-hybridized carbons (Fsp3) is 0.0930. The van der Waals surface area contributed by atoms with E-state index in [1.807, 2.05) is 121 Å². The summed E-state index contributed by atoms with van der Waals surface area (Å²) in [6, 6.07) is 52.6. The van der Waals surface area contributed by atoms with Crippen molar-refractivity contribution in [2.24, 2.45) is 4.99 Å². The summed E-state index contributed by atoms with van der Waals surface area (Å²) >= 11 is 0. The second-order valence-corrected chi connectivity index (χ2v) is 12.7. The first-order valence-electron chi connectivity index (χ1n) is 16.5. The van der Waals surface area contributed by atoms with Crippen molar-refractivity contribution in [2.75, 3.05) is 0 Å². The third kappa shape index (κ3) is 3.42. The van der Waals surface area contributed by atoms with Crippen LogP contribution in [0.25, 0.3) is 32.7 Å². The molecule has 0 amide bonds. The van der Waals surface area contributed by atoms with Crippen LogP contribution in [-0.2, 0) is 31.6 Å². The van der Waals surface area contributed by atoms with Gasteiger partial charge in [-0.1, -0.05) is 158 Å². The second kappa shape index (κ2) is 9.65. The molecule has 0 spiro atoms. The van der Waals surface area contributed by atoms with Crippen LogP contribution in [0.15, 0.2) is 163 Å². The van der Waals surface area contributed by atoms with E-state index in [1.165, 1.54) is 0 Å². The van der Waals surface area contributed by atoms with Crippen LogP contribution in [0.1, 0.15) is 22.3 Å². The maximum atomic E-state index is 7.71. The second-order valence-electron chi connectivity index (χ2n) is 12.7. The Bertz CT molecular complexity index is 2520. The smallest absolute Gasteiger partial charge is 0.313 e. The number of hydrogen-bond acceptors (Lipinski definition) is 6. The van der Waals surface area contributed by atoms with Gasteiger partial charge in [0.05, 0.1) is 0 Å². The number of benzene rings is 7. The minimum atomic E-state index is -1.71. The van der Waals surface area contributed by atoms with E-state index >= 15 is 0 Å². The Morgan fingerprint density at radius 3 is 1.57 bits per heavy atom. The van der Waals surface area contributed by atoms with Gasteiger partial charge in [0, 0.05) is 33.0 Å². The highest BCUT2D eigenvalue weighted by atomic mass is 16.9. The molecule has 0 unspecified atom stereocenters. The molecular formula is C43H27NO5. The molecule has 2 bridgehead atoms. The maximum absolute atomic E-state index is 7.71. The normalized spacial score (nSPS) is 25.8. The fourth-order valence-electron chi connectivity index (χ4n) is 8.15. The summed E-state index contributed by atoms with van der Waals surface area (Å²) in [4.78, 5) is 5.11. The van der Waals surface area contributed by atoms with Crippen molar-refractivity contribution in [3.63, 3.8) is 0 Å². The first-order chi connectivity index (χ1) is 24.2. The molecule has 6 nitrogen and oxygen atoms in total. The van der Waals surface area contributed by atoms with Crippen molar-refractivity contribution in [3.05, 3.63) is 180 Å². The van der Waals surface area contributed by atoms with Gasteiger partial charge >= 0.3 is 11.6 Å². The Hall–Kier alpha value is -5.79. The SMILES string of the molecule is c1ccc(C2=N[C@@H]3O[C@@]2(c2ccccc2)O[C@@]24Oc5c(c6ccccc6c6ccccc56)O[C@]2(O3)c2ccccc2-c2ccccc24)cc1. The molecule has 7 aromatic rings. The van der Waals surface area contributed by atoms with Crippen molar-refractivity contribution >= 4 is 27.3 Å². The molecule has 6 heteroatoms. The van der Waals surface area contributed by atoms with Gasteiger partial charge in [-0.05, 0) is 21.9 Å². The van der Waals surface area contributed by atoms with Crippen LogP contribution in [0.3, 0.4) is 0 Å². The molecule has 4 aliphatic rings. The molecular weight excluding hydrogens is 610 g/mol. The molecule has 1 fully saturated rings. The molecule has 1 aliphatic carbocycles. The lowest BCUT2D eigenvalue weighted by molar-refractivity contribution is -0.402. The third-order valence-corrected chi connectivity index (χ3v) is 10.2. The highest BCUT2D eigenvalue weighted by Crippen LogP contribution is 2.66. The third-order valence-electron chi connectivity index (χ3n) is 10.2. The Morgan fingerprint density at radius 2 is 0.939 bits per heavy atom. The van der Waals surface area contributed by atoms with Gasteiger partial charge in [0.1, 0.15) is 5.71 Å². The summed E-state index contributed by atoms with van der Waals surface area (Å²) in [6.07, 6.45) is -1.10. The molecule has 0 radical (unpaired) electrons. The highest BCUT2D eigenvalue weighted by molar-refractivity contribution is 6.14. The molecule has 0 N–H and O–H groups in total. The zero-order valence-corrected chi connectivity index (χ0v) is 26.1. The van der Waals surface area contributed by atoms with E-state index < -0.39 is 23.8 Å². The minimum absolute atomic E-state index is 0.571. The Kier molecular flexibility index (Phi) is 5.35. The summed E-state index contributed by atoms with van der Waals surface area (Å²) in [6.45, 7) is 0. The number of nitrogens with zero attached hydrogens (tertiary/aromatic N) is 1. The van der Waals surface area contributed by atoms with E-state index in [-0.39, 0.29) is 0 Å². The topological polar surface area (TPSA) is 58.5 Å². The average molecular weight is 638 g/mol. The monoisotopic (exact) mass is 637 g/mol. The van der Waals surface area contributed by atoms with Crippen molar-refractivity contribution in [1.82, 2.24) is 0 Å². The van der Waals surface area contributed by atoms with Gasteiger partial charge in [0.15, 0.2) is 11.5 Å². The summed E-state index contributed by atoms with van der Waals surface area (Å²) in [5.41, 5.74) is 5.61. The summed E-state index contributed by atoms with van der Waals surface area (Å²) < 4.78 is 36.9. The molecule has 0 saturated carbocycles. The number of hydrogen-bond donors (Lipinski definition) is 0. The predicted octanol–water partition coefficient (Wildman–Crippen LogP) is 9.15. The van der Waals surface area contributed by atoms with Crippen molar-refractivity contribution in [2.45, 2.75) is 23.8 Å². The van der Waals surface area contributed by atoms with E-state index in [1.54, 1.807) is 0 Å². The van der Waals surface area contributed by atoms with Crippen LogP contribution >= 0.6 is 0 Å². The summed E-state index contributed by atoms with van der Waals surface area (Å²) in [5.74, 6) is -3.79. The van der Waals surface area contributed by atoms with E-state index in [4.69, 9.17) is 28.7 Å². The first-order valence-corrected chi connectivity index (χ1v) is 16.5. The molecule has 234 valence electrons. The standard InChI is InChI=1S/C43H27NO5/c1-3-15-27(16-4-1)39-41(28-17-5-2-6-18-28)47-40(44-39)48-42-35-25-13-11-21-31(35)32-22-12-14-26-36(32)43(42,49-41)46-38-34-24-10-8-20-30(34)29-19-7-9-23-33(29)37(38)45-42/h1-26,40H/t40-,41+,42+,43-/m1/s1. The van der Waals surface area contributed by atoms with Gasteiger partial charge in [-0.25, -0.2) is 4.99 Å². The lowest BCUT2D eigenvalue weighted by atomic mass is 9.75. The number of fused-ring (bicyclic) bond motifs is 11. The lowest BCUT2D eigenvalue weighted by Gasteiger charge is -2.54. The van der Waals surface area contributed by atoms with Crippen LogP contribution in [0, 0.1) is 0 Å². The van der Waals surface area contributed by atoms with E-state index in [0.717, 1.165) is 54.9 Å². The van der Waals surface area contributed by atoms with Crippen LogP contribution < -0.4 is 9.47 Å². The highest BCUT2D eigenvalue weighted by Gasteiger charge is 2.75. The Labute approximate surface area is 281 Å². The van der Waals surface area contributed by atoms with Crippen LogP contribution in [-0.4, -0.2) is 12.1 Å². The van der Waals surface area contributed by atoms with Gasteiger partial charge in [-0.3, -0.25) is 14.2 Å².